The maximum atomic E-state index is 11.8. The number of thiophene rings is 1. The summed E-state index contributed by atoms with van der Waals surface area (Å²) in [6, 6.07) is 10.1. The molecule has 1 heterocycles. The Kier molecular flexibility index (Phi) is 5.65. The molecule has 2 aromatic rings. The highest BCUT2D eigenvalue weighted by Gasteiger charge is 2.15. The number of rotatable bonds is 6. The lowest BCUT2D eigenvalue weighted by atomic mass is 10.4. The number of amides is 1. The highest BCUT2D eigenvalue weighted by molar-refractivity contribution is 8.00. The minimum Gasteiger partial charge on any atom is -0.277 e. The first-order chi connectivity index (χ1) is 9.97. The lowest BCUT2D eigenvalue weighted by molar-refractivity contribution is -0.119. The lowest BCUT2D eigenvalue weighted by Crippen LogP contribution is -2.42. The number of carbonyl (C=O) groups is 1. The minimum absolute atomic E-state index is 0.0919. The van der Waals surface area contributed by atoms with Gasteiger partial charge >= 0.3 is 0 Å². The molecule has 21 heavy (non-hydrogen) atoms. The second-order valence-electron chi connectivity index (χ2n) is 3.83. The largest absolute Gasteiger partial charge is 0.277 e. The first kappa shape index (κ1) is 16.3. The Morgan fingerprint density at radius 2 is 1.95 bits per heavy atom. The third-order valence-corrected chi connectivity index (χ3v) is 6.18. The van der Waals surface area contributed by atoms with Gasteiger partial charge < -0.3 is 0 Å². The van der Waals surface area contributed by atoms with Crippen LogP contribution in [0, 0.1) is 0 Å². The molecule has 0 fully saturated rings. The molecule has 9 heteroatoms. The normalized spacial score (nSPS) is 11.3. The molecule has 0 radical (unpaired) electrons. The van der Waals surface area contributed by atoms with E-state index in [1.807, 2.05) is 0 Å². The topological polar surface area (TPSA) is 75.3 Å². The minimum atomic E-state index is -3.69. The van der Waals surface area contributed by atoms with Crippen LogP contribution in [0.1, 0.15) is 0 Å². The molecule has 0 spiro atoms. The van der Waals surface area contributed by atoms with E-state index in [1.165, 1.54) is 17.8 Å². The zero-order valence-electron chi connectivity index (χ0n) is 10.6. The van der Waals surface area contributed by atoms with Crippen LogP contribution < -0.4 is 10.3 Å². The molecule has 0 atom stereocenters. The average Bonchev–Trinajstić information content (AvgIpc) is 3.00. The van der Waals surface area contributed by atoms with Gasteiger partial charge in [0, 0.05) is 9.92 Å². The molecular weight excluding hydrogens is 352 g/mol. The van der Waals surface area contributed by atoms with Crippen molar-refractivity contribution in [2.75, 3.05) is 5.75 Å². The molecule has 0 aliphatic carbocycles. The Morgan fingerprint density at radius 3 is 2.57 bits per heavy atom. The Morgan fingerprint density at radius 1 is 1.24 bits per heavy atom. The van der Waals surface area contributed by atoms with Crippen molar-refractivity contribution in [3.05, 3.63) is 46.8 Å². The summed E-state index contributed by atoms with van der Waals surface area (Å²) in [7, 11) is -3.69. The van der Waals surface area contributed by atoms with Crippen LogP contribution in [0.3, 0.4) is 0 Å². The van der Waals surface area contributed by atoms with Crippen molar-refractivity contribution in [3.8, 4) is 0 Å². The molecule has 0 saturated carbocycles. The maximum Gasteiger partial charge on any atom is 0.266 e. The first-order valence-corrected chi connectivity index (χ1v) is 9.42. The van der Waals surface area contributed by atoms with Crippen LogP contribution in [0.4, 0.5) is 0 Å². The van der Waals surface area contributed by atoms with E-state index in [1.54, 1.807) is 35.7 Å². The van der Waals surface area contributed by atoms with Crippen molar-refractivity contribution in [1.82, 2.24) is 10.3 Å². The predicted octanol–water partition coefficient (Wildman–Crippen LogP) is 2.50. The highest BCUT2D eigenvalue weighted by Crippen LogP contribution is 2.20. The van der Waals surface area contributed by atoms with E-state index >= 15 is 0 Å². The monoisotopic (exact) mass is 362 g/mol. The second-order valence-corrected chi connectivity index (χ2v) is 8.17. The molecule has 112 valence electrons. The summed E-state index contributed by atoms with van der Waals surface area (Å²) in [6.07, 6.45) is 0. The molecule has 5 nitrogen and oxygen atoms in total. The van der Waals surface area contributed by atoms with Crippen LogP contribution in [-0.4, -0.2) is 20.1 Å². The van der Waals surface area contributed by atoms with Gasteiger partial charge in [0.15, 0.2) is 0 Å². The van der Waals surface area contributed by atoms with E-state index < -0.39 is 15.9 Å². The molecule has 0 aliphatic heterocycles. The Labute approximate surface area is 135 Å². The van der Waals surface area contributed by atoms with E-state index in [9.17, 15) is 13.2 Å². The average molecular weight is 363 g/mol. The molecule has 0 saturated heterocycles. The smallest absolute Gasteiger partial charge is 0.266 e. The summed E-state index contributed by atoms with van der Waals surface area (Å²) in [4.78, 5) is 14.5. The summed E-state index contributed by atoms with van der Waals surface area (Å²) in [5, 5.41) is 2.26. The van der Waals surface area contributed by atoms with E-state index in [0.717, 1.165) is 16.2 Å². The summed E-state index contributed by atoms with van der Waals surface area (Å²) in [5.74, 6) is -0.343. The van der Waals surface area contributed by atoms with Crippen molar-refractivity contribution < 1.29 is 13.2 Å². The summed E-state index contributed by atoms with van der Waals surface area (Å²) >= 11 is 8.11. The van der Waals surface area contributed by atoms with Gasteiger partial charge in [0.1, 0.15) is 4.21 Å². The van der Waals surface area contributed by atoms with Crippen molar-refractivity contribution in [1.29, 1.82) is 0 Å². The van der Waals surface area contributed by atoms with Crippen LogP contribution in [0.2, 0.25) is 5.02 Å². The van der Waals surface area contributed by atoms with Gasteiger partial charge in [-0.15, -0.1) is 27.9 Å². The Bertz CT molecular complexity index is 700. The lowest BCUT2D eigenvalue weighted by Gasteiger charge is -2.06. The number of nitrogens with one attached hydrogen (secondary N) is 2. The molecule has 1 aromatic carbocycles. The fourth-order valence-electron chi connectivity index (χ4n) is 1.31. The van der Waals surface area contributed by atoms with Gasteiger partial charge in [-0.3, -0.25) is 10.2 Å². The molecule has 0 bridgehead atoms. The Hall–Kier alpha value is -1.06. The van der Waals surface area contributed by atoms with Crippen LogP contribution >= 0.6 is 34.7 Å². The SMILES string of the molecule is O=C(CSc1ccc(Cl)cc1)NNS(=O)(=O)c1cccs1. The van der Waals surface area contributed by atoms with Gasteiger partial charge in [-0.1, -0.05) is 17.7 Å². The fraction of sp³-hybridized carbons (Fsp3) is 0.0833. The van der Waals surface area contributed by atoms with Gasteiger partial charge in [-0.05, 0) is 35.7 Å². The third kappa shape index (κ3) is 5.01. The van der Waals surface area contributed by atoms with Gasteiger partial charge in [-0.25, -0.2) is 8.42 Å². The number of hydrogen-bond acceptors (Lipinski definition) is 5. The van der Waals surface area contributed by atoms with E-state index in [0.29, 0.717) is 5.02 Å². The summed E-state index contributed by atoms with van der Waals surface area (Å²) < 4.78 is 23.7. The van der Waals surface area contributed by atoms with Gasteiger partial charge in [0.25, 0.3) is 10.0 Å². The number of thioether (sulfide) groups is 1. The van der Waals surface area contributed by atoms with Crippen molar-refractivity contribution in [2.24, 2.45) is 0 Å². The van der Waals surface area contributed by atoms with Crippen LogP contribution in [-0.2, 0) is 14.8 Å². The van der Waals surface area contributed by atoms with E-state index in [4.69, 9.17) is 11.6 Å². The molecule has 0 aliphatic rings. The molecular formula is C12H11ClN2O3S3. The summed E-state index contributed by atoms with van der Waals surface area (Å²) in [5.41, 5.74) is 2.18. The van der Waals surface area contributed by atoms with Gasteiger partial charge in [0.05, 0.1) is 5.75 Å². The molecule has 2 rings (SSSR count). The zero-order chi connectivity index (χ0) is 15.3. The fourth-order valence-corrected chi connectivity index (χ4v) is 3.98. The van der Waals surface area contributed by atoms with Crippen LogP contribution in [0.15, 0.2) is 50.9 Å². The number of hydrogen-bond donors (Lipinski definition) is 2. The Balaban J connectivity index is 1.81. The van der Waals surface area contributed by atoms with Crippen molar-refractivity contribution >= 4 is 50.6 Å². The van der Waals surface area contributed by atoms with Gasteiger partial charge in [-0.2, -0.15) is 0 Å². The number of sulfonamides is 1. The third-order valence-electron chi connectivity index (χ3n) is 2.27. The van der Waals surface area contributed by atoms with Crippen LogP contribution in [0.5, 0.6) is 0 Å². The van der Waals surface area contributed by atoms with Gasteiger partial charge in [0.2, 0.25) is 5.91 Å². The van der Waals surface area contributed by atoms with E-state index in [2.05, 4.69) is 10.3 Å². The molecule has 2 N–H and O–H groups in total. The second kappa shape index (κ2) is 7.28. The zero-order valence-corrected chi connectivity index (χ0v) is 13.8. The number of halogens is 1. The summed E-state index contributed by atoms with van der Waals surface area (Å²) in [6.45, 7) is 0. The highest BCUT2D eigenvalue weighted by atomic mass is 35.5. The predicted molar refractivity (Wildman–Crippen MR) is 85.0 cm³/mol. The molecule has 1 amide bonds. The van der Waals surface area contributed by atoms with Crippen molar-refractivity contribution in [3.63, 3.8) is 0 Å². The standard InChI is InChI=1S/C12H11ClN2O3S3/c13-9-3-5-10(6-4-9)20-8-11(16)14-15-21(17,18)12-2-1-7-19-12/h1-7,15H,8H2,(H,14,16). The van der Waals surface area contributed by atoms with E-state index in [-0.39, 0.29) is 9.96 Å². The number of carbonyl (C=O) groups excluding carboxylic acids is 1. The quantitative estimate of drug-likeness (QED) is 0.611. The molecule has 0 unspecified atom stereocenters. The number of benzene rings is 1. The molecule has 1 aromatic heterocycles. The van der Waals surface area contributed by atoms with Crippen molar-refractivity contribution in [2.45, 2.75) is 9.10 Å². The number of hydrazine groups is 1. The van der Waals surface area contributed by atoms with Crippen LogP contribution in [0.25, 0.3) is 0 Å². The first-order valence-electron chi connectivity index (χ1n) is 5.70. The maximum absolute atomic E-state index is 11.8.